The molecule has 0 aliphatic carbocycles. The Hall–Kier alpha value is -1.15. The molecule has 1 N–H and O–H groups in total. The third-order valence-corrected chi connectivity index (χ3v) is 1.96. The van der Waals surface area contributed by atoms with E-state index in [0.717, 1.165) is 12.1 Å². The zero-order chi connectivity index (χ0) is 9.68. The number of benzene rings is 1. The number of nitrogens with one attached hydrogen (secondary N) is 1. The lowest BCUT2D eigenvalue weighted by Gasteiger charge is -2.10. The fraction of sp³-hybridized carbons (Fsp3) is 0.364. The molecule has 0 radical (unpaired) electrons. The highest BCUT2D eigenvalue weighted by molar-refractivity contribution is 5.99. The van der Waals surface area contributed by atoms with Crippen LogP contribution in [-0.4, -0.2) is 18.4 Å². The van der Waals surface area contributed by atoms with E-state index in [9.17, 15) is 4.79 Å². The summed E-state index contributed by atoms with van der Waals surface area (Å²) in [7, 11) is 0. The Balaban J connectivity index is 2.68. The Morgan fingerprint density at radius 1 is 1.38 bits per heavy atom. The maximum Gasteiger partial charge on any atom is 0.179 e. The molecule has 0 fully saturated rings. The third kappa shape index (κ3) is 2.67. The van der Waals surface area contributed by atoms with Crippen molar-refractivity contribution in [1.82, 2.24) is 5.32 Å². The number of carbonyl (C=O) groups excluding carboxylic acids is 1. The van der Waals surface area contributed by atoms with E-state index in [0.29, 0.717) is 0 Å². The molecular formula is C11H15NO. The van der Waals surface area contributed by atoms with Crippen LogP contribution in [0.1, 0.15) is 24.2 Å². The molecule has 0 saturated heterocycles. The predicted molar refractivity (Wildman–Crippen MR) is 53.9 cm³/mol. The quantitative estimate of drug-likeness (QED) is 0.711. The van der Waals surface area contributed by atoms with Gasteiger partial charge in [-0.05, 0) is 13.5 Å². The van der Waals surface area contributed by atoms with E-state index >= 15 is 0 Å². The summed E-state index contributed by atoms with van der Waals surface area (Å²) in [5.41, 5.74) is 0.774. The van der Waals surface area contributed by atoms with Crippen LogP contribution in [0.4, 0.5) is 0 Å². The molecule has 0 heterocycles. The molecule has 2 nitrogen and oxygen atoms in total. The summed E-state index contributed by atoms with van der Waals surface area (Å²) in [4.78, 5) is 11.7. The van der Waals surface area contributed by atoms with Gasteiger partial charge in [0.05, 0.1) is 6.04 Å². The minimum absolute atomic E-state index is 0.0904. The standard InChI is InChI=1S/C11H15NO/c1-3-12-9(2)11(13)10-7-5-4-6-8-10/h4-9,12H,3H2,1-2H3/t9-/m1/s1. The van der Waals surface area contributed by atoms with Gasteiger partial charge in [-0.15, -0.1) is 0 Å². The van der Waals surface area contributed by atoms with Crippen LogP contribution in [0.2, 0.25) is 0 Å². The maximum absolute atomic E-state index is 11.7. The molecule has 1 aromatic carbocycles. The second kappa shape index (κ2) is 4.77. The highest BCUT2D eigenvalue weighted by Crippen LogP contribution is 2.02. The van der Waals surface area contributed by atoms with Crippen molar-refractivity contribution in [1.29, 1.82) is 0 Å². The van der Waals surface area contributed by atoms with Gasteiger partial charge in [-0.2, -0.15) is 0 Å². The molecule has 0 unspecified atom stereocenters. The van der Waals surface area contributed by atoms with Crippen LogP contribution in [0.15, 0.2) is 30.3 Å². The zero-order valence-corrected chi connectivity index (χ0v) is 8.08. The van der Waals surface area contributed by atoms with E-state index in [2.05, 4.69) is 5.32 Å². The monoisotopic (exact) mass is 177 g/mol. The molecule has 2 heteroatoms. The van der Waals surface area contributed by atoms with E-state index < -0.39 is 0 Å². The number of hydrogen-bond donors (Lipinski definition) is 1. The van der Waals surface area contributed by atoms with Gasteiger partial charge in [0.25, 0.3) is 0 Å². The topological polar surface area (TPSA) is 29.1 Å². The van der Waals surface area contributed by atoms with Crippen molar-refractivity contribution < 1.29 is 4.79 Å². The van der Waals surface area contributed by atoms with Gasteiger partial charge in [0.2, 0.25) is 0 Å². The van der Waals surface area contributed by atoms with Gasteiger partial charge in [0.15, 0.2) is 5.78 Å². The van der Waals surface area contributed by atoms with Crippen molar-refractivity contribution in [3.8, 4) is 0 Å². The number of likely N-dealkylation sites (N-methyl/N-ethyl adjacent to an activating group) is 1. The summed E-state index contributed by atoms with van der Waals surface area (Å²) in [6, 6.07) is 9.27. The van der Waals surface area contributed by atoms with Crippen LogP contribution in [0.25, 0.3) is 0 Å². The van der Waals surface area contributed by atoms with E-state index in [4.69, 9.17) is 0 Å². The van der Waals surface area contributed by atoms with Gasteiger partial charge in [-0.1, -0.05) is 37.3 Å². The van der Waals surface area contributed by atoms with Gasteiger partial charge in [-0.3, -0.25) is 4.79 Å². The van der Waals surface area contributed by atoms with Gasteiger partial charge in [-0.25, -0.2) is 0 Å². The number of rotatable bonds is 4. The SMILES string of the molecule is CCN[C@H](C)C(=O)c1ccccc1. The molecule has 0 bridgehead atoms. The first-order valence-corrected chi connectivity index (χ1v) is 4.58. The minimum Gasteiger partial charge on any atom is -0.308 e. The second-order valence-corrected chi connectivity index (χ2v) is 3.01. The molecule has 1 rings (SSSR count). The lowest BCUT2D eigenvalue weighted by molar-refractivity contribution is 0.0952. The molecule has 0 saturated carbocycles. The van der Waals surface area contributed by atoms with Gasteiger partial charge >= 0.3 is 0 Å². The Morgan fingerprint density at radius 3 is 2.54 bits per heavy atom. The highest BCUT2D eigenvalue weighted by Gasteiger charge is 2.12. The molecule has 0 spiro atoms. The first-order chi connectivity index (χ1) is 6.25. The molecule has 1 aromatic rings. The summed E-state index contributed by atoms with van der Waals surface area (Å²) in [5.74, 6) is 0.155. The number of ketones is 1. The summed E-state index contributed by atoms with van der Waals surface area (Å²) < 4.78 is 0. The normalized spacial score (nSPS) is 12.5. The Kier molecular flexibility index (Phi) is 3.65. The third-order valence-electron chi connectivity index (χ3n) is 1.96. The average Bonchev–Trinajstić information content (AvgIpc) is 2.18. The molecule has 0 aromatic heterocycles. The maximum atomic E-state index is 11.7. The molecule has 0 aliphatic heterocycles. The lowest BCUT2D eigenvalue weighted by Crippen LogP contribution is -2.33. The Bertz CT molecular complexity index is 269. The number of carbonyl (C=O) groups is 1. The summed E-state index contributed by atoms with van der Waals surface area (Å²) in [6.45, 7) is 4.70. The fourth-order valence-electron chi connectivity index (χ4n) is 1.25. The molecular weight excluding hydrogens is 162 g/mol. The lowest BCUT2D eigenvalue weighted by atomic mass is 10.1. The average molecular weight is 177 g/mol. The van der Waals surface area contributed by atoms with Crippen molar-refractivity contribution in [2.75, 3.05) is 6.54 Å². The zero-order valence-electron chi connectivity index (χ0n) is 8.08. The van der Waals surface area contributed by atoms with Crippen LogP contribution < -0.4 is 5.32 Å². The second-order valence-electron chi connectivity index (χ2n) is 3.01. The van der Waals surface area contributed by atoms with Crippen molar-refractivity contribution >= 4 is 5.78 Å². The predicted octanol–water partition coefficient (Wildman–Crippen LogP) is 1.87. The largest absolute Gasteiger partial charge is 0.308 e. The summed E-state index contributed by atoms with van der Waals surface area (Å²) >= 11 is 0. The van der Waals surface area contributed by atoms with Crippen LogP contribution >= 0.6 is 0 Å². The van der Waals surface area contributed by atoms with Gasteiger partial charge in [0, 0.05) is 5.56 Å². The highest BCUT2D eigenvalue weighted by atomic mass is 16.1. The number of hydrogen-bond acceptors (Lipinski definition) is 2. The van der Waals surface area contributed by atoms with Crippen LogP contribution in [0.3, 0.4) is 0 Å². The van der Waals surface area contributed by atoms with Crippen molar-refractivity contribution in [3.63, 3.8) is 0 Å². The van der Waals surface area contributed by atoms with Crippen LogP contribution in [0, 0.1) is 0 Å². The number of Topliss-reactive ketones (excluding diaryl/α,β-unsaturated/α-hetero) is 1. The summed E-state index contributed by atoms with van der Waals surface area (Å²) in [6.07, 6.45) is 0. The molecule has 0 aliphatic rings. The first-order valence-electron chi connectivity index (χ1n) is 4.58. The first kappa shape index (κ1) is 9.93. The molecule has 70 valence electrons. The van der Waals surface area contributed by atoms with Crippen molar-refractivity contribution in [3.05, 3.63) is 35.9 Å². The van der Waals surface area contributed by atoms with Gasteiger partial charge < -0.3 is 5.32 Å². The molecule has 1 atom stereocenters. The molecule has 0 amide bonds. The van der Waals surface area contributed by atoms with E-state index in [1.165, 1.54) is 0 Å². The van der Waals surface area contributed by atoms with Gasteiger partial charge in [0.1, 0.15) is 0 Å². The van der Waals surface area contributed by atoms with E-state index in [1.54, 1.807) is 0 Å². The van der Waals surface area contributed by atoms with E-state index in [-0.39, 0.29) is 11.8 Å². The van der Waals surface area contributed by atoms with Crippen molar-refractivity contribution in [2.45, 2.75) is 19.9 Å². The van der Waals surface area contributed by atoms with E-state index in [1.807, 2.05) is 44.2 Å². The smallest absolute Gasteiger partial charge is 0.179 e. The Morgan fingerprint density at radius 2 is 2.00 bits per heavy atom. The Labute approximate surface area is 79.0 Å². The van der Waals surface area contributed by atoms with Crippen molar-refractivity contribution in [2.24, 2.45) is 0 Å². The summed E-state index contributed by atoms with van der Waals surface area (Å²) in [5, 5.41) is 3.09. The minimum atomic E-state index is -0.0904. The van der Waals surface area contributed by atoms with Crippen LogP contribution in [-0.2, 0) is 0 Å². The fourth-order valence-corrected chi connectivity index (χ4v) is 1.25. The molecule has 13 heavy (non-hydrogen) atoms. The van der Waals surface area contributed by atoms with Crippen LogP contribution in [0.5, 0.6) is 0 Å².